The predicted molar refractivity (Wildman–Crippen MR) is 230 cm³/mol. The molecule has 0 aliphatic carbocycles. The quantitative estimate of drug-likeness (QED) is 0.177. The minimum Gasteiger partial charge on any atom is -0.263 e. The molecule has 54 heavy (non-hydrogen) atoms. The monoisotopic (exact) mass is 723 g/mol. The van der Waals surface area contributed by atoms with E-state index in [1.54, 1.807) is 0 Å². The highest BCUT2D eigenvalue weighted by atomic mass is 32.1. The Morgan fingerprint density at radius 3 is 1.69 bits per heavy atom. The van der Waals surface area contributed by atoms with Gasteiger partial charge in [0, 0.05) is 80.4 Å². The molecule has 0 radical (unpaired) electrons. The Kier molecular flexibility index (Phi) is 7.22. The third kappa shape index (κ3) is 5.28. The lowest BCUT2D eigenvalue weighted by Crippen LogP contribution is -1.96. The first-order valence-electron chi connectivity index (χ1n) is 18.0. The number of nitrogens with zero attached hydrogens (tertiary/aromatic N) is 3. The van der Waals surface area contributed by atoms with Gasteiger partial charge in [-0.15, -0.1) is 22.7 Å². The lowest BCUT2D eigenvalue weighted by Gasteiger charge is -2.11. The van der Waals surface area contributed by atoms with Gasteiger partial charge in [0.2, 0.25) is 0 Å². The Balaban J connectivity index is 0.987. The van der Waals surface area contributed by atoms with Crippen molar-refractivity contribution >= 4 is 73.8 Å². The molecule has 5 heteroatoms. The molecule has 0 N–H and O–H groups in total. The second-order valence-corrected chi connectivity index (χ2v) is 15.8. The highest BCUT2D eigenvalue weighted by Gasteiger charge is 2.15. The average molecular weight is 724 g/mol. The van der Waals surface area contributed by atoms with Gasteiger partial charge >= 0.3 is 0 Å². The lowest BCUT2D eigenvalue weighted by molar-refractivity contribution is 1.18. The summed E-state index contributed by atoms with van der Waals surface area (Å²) in [6, 6.07) is 58.7. The van der Waals surface area contributed by atoms with Crippen LogP contribution in [0.2, 0.25) is 0 Å². The third-order valence-electron chi connectivity index (χ3n) is 10.4. The molecule has 0 bridgehead atoms. The number of benzene rings is 7. The molecule has 11 rings (SSSR count). The van der Waals surface area contributed by atoms with E-state index in [0.717, 1.165) is 44.6 Å². The van der Waals surface area contributed by atoms with E-state index in [0.29, 0.717) is 5.82 Å². The molecule has 0 amide bonds. The number of aromatic nitrogens is 3. The van der Waals surface area contributed by atoms with Gasteiger partial charge in [-0.3, -0.25) is 4.98 Å². The number of hydrogen-bond acceptors (Lipinski definition) is 5. The number of rotatable bonds is 5. The van der Waals surface area contributed by atoms with E-state index in [9.17, 15) is 0 Å². The van der Waals surface area contributed by atoms with E-state index in [1.807, 2.05) is 53.3 Å². The van der Waals surface area contributed by atoms with E-state index in [-0.39, 0.29) is 0 Å². The first-order chi connectivity index (χ1) is 26.7. The molecule has 0 aliphatic heterocycles. The van der Waals surface area contributed by atoms with E-state index in [2.05, 4.69) is 151 Å². The highest BCUT2D eigenvalue weighted by Crippen LogP contribution is 2.41. The molecule has 4 aromatic heterocycles. The second-order valence-electron chi connectivity index (χ2n) is 13.6. The van der Waals surface area contributed by atoms with Gasteiger partial charge in [0.15, 0.2) is 5.82 Å². The maximum atomic E-state index is 5.14. The van der Waals surface area contributed by atoms with Crippen molar-refractivity contribution in [1.82, 2.24) is 15.0 Å². The molecular weight excluding hydrogens is 695 g/mol. The van der Waals surface area contributed by atoms with Crippen LogP contribution in [-0.2, 0) is 0 Å². The zero-order valence-electron chi connectivity index (χ0n) is 28.9. The average Bonchev–Trinajstić information content (AvgIpc) is 3.81. The van der Waals surface area contributed by atoms with Crippen LogP contribution in [0.25, 0.3) is 107 Å². The molecule has 4 heterocycles. The SMILES string of the molecule is c1ccc(-c2nc(-c3ccc(-c4cncc5ccccc45)cc3)cc(-c3ccc4c(c3)sc3ccc(-c5ccc6sc7ccccc7c6c5)cc34)n2)cc1. The summed E-state index contributed by atoms with van der Waals surface area (Å²) in [5, 5.41) is 7.52. The third-order valence-corrected chi connectivity index (χ3v) is 12.7. The summed E-state index contributed by atoms with van der Waals surface area (Å²) in [6.45, 7) is 0. The Morgan fingerprint density at radius 1 is 0.333 bits per heavy atom. The number of hydrogen-bond donors (Lipinski definition) is 0. The number of fused-ring (bicyclic) bond motifs is 7. The molecular formula is C49H29N3S2. The topological polar surface area (TPSA) is 38.7 Å². The number of pyridine rings is 1. The van der Waals surface area contributed by atoms with Gasteiger partial charge in [-0.1, -0.05) is 121 Å². The van der Waals surface area contributed by atoms with Crippen LogP contribution in [0.15, 0.2) is 176 Å². The van der Waals surface area contributed by atoms with Gasteiger partial charge in [0.1, 0.15) is 0 Å². The van der Waals surface area contributed by atoms with Crippen LogP contribution in [0.5, 0.6) is 0 Å². The summed E-state index contributed by atoms with van der Waals surface area (Å²) >= 11 is 3.69. The Bertz CT molecular complexity index is 3210. The largest absolute Gasteiger partial charge is 0.263 e. The van der Waals surface area contributed by atoms with E-state index < -0.39 is 0 Å². The Hall–Kier alpha value is -6.53. The molecule has 0 spiro atoms. The molecule has 252 valence electrons. The molecule has 0 atom stereocenters. The van der Waals surface area contributed by atoms with Gasteiger partial charge in [-0.05, 0) is 64.5 Å². The van der Waals surface area contributed by atoms with Crippen molar-refractivity contribution in [2.45, 2.75) is 0 Å². The fraction of sp³-hybridized carbons (Fsp3) is 0. The summed E-state index contributed by atoms with van der Waals surface area (Å²) in [7, 11) is 0. The lowest BCUT2D eigenvalue weighted by atomic mass is 9.98. The number of thiophene rings is 2. The summed E-state index contributed by atoms with van der Waals surface area (Å²) in [5.41, 5.74) is 9.61. The van der Waals surface area contributed by atoms with Crippen LogP contribution in [0, 0.1) is 0 Å². The minimum atomic E-state index is 0.710. The molecule has 0 fully saturated rings. The van der Waals surface area contributed by atoms with Crippen molar-refractivity contribution in [2.24, 2.45) is 0 Å². The van der Waals surface area contributed by atoms with E-state index in [1.165, 1.54) is 56.9 Å². The maximum Gasteiger partial charge on any atom is 0.160 e. The summed E-state index contributed by atoms with van der Waals surface area (Å²) in [5.74, 6) is 0.710. The molecule has 0 unspecified atom stereocenters. The van der Waals surface area contributed by atoms with Crippen LogP contribution in [0.1, 0.15) is 0 Å². The summed E-state index contributed by atoms with van der Waals surface area (Å²) in [6.07, 6.45) is 3.87. The maximum absolute atomic E-state index is 5.14. The van der Waals surface area contributed by atoms with Crippen molar-refractivity contribution in [2.75, 3.05) is 0 Å². The van der Waals surface area contributed by atoms with Crippen molar-refractivity contribution in [3.63, 3.8) is 0 Å². The Labute approximate surface area is 319 Å². The van der Waals surface area contributed by atoms with Crippen LogP contribution in [-0.4, -0.2) is 15.0 Å². The predicted octanol–water partition coefficient (Wildman–Crippen LogP) is 14.1. The zero-order valence-corrected chi connectivity index (χ0v) is 30.5. The summed E-state index contributed by atoms with van der Waals surface area (Å²) < 4.78 is 5.18. The summed E-state index contributed by atoms with van der Waals surface area (Å²) in [4.78, 5) is 14.8. The van der Waals surface area contributed by atoms with Crippen LogP contribution in [0.4, 0.5) is 0 Å². The van der Waals surface area contributed by atoms with Gasteiger partial charge in [0.05, 0.1) is 11.4 Å². The van der Waals surface area contributed by atoms with Crippen molar-refractivity contribution in [1.29, 1.82) is 0 Å². The van der Waals surface area contributed by atoms with Crippen LogP contribution in [0.3, 0.4) is 0 Å². The normalized spacial score (nSPS) is 11.7. The Morgan fingerprint density at radius 2 is 0.907 bits per heavy atom. The van der Waals surface area contributed by atoms with Crippen molar-refractivity contribution in [3.05, 3.63) is 176 Å². The van der Waals surface area contributed by atoms with Crippen LogP contribution >= 0.6 is 22.7 Å². The second kappa shape index (κ2) is 12.6. The molecule has 7 aromatic carbocycles. The van der Waals surface area contributed by atoms with Crippen molar-refractivity contribution < 1.29 is 0 Å². The van der Waals surface area contributed by atoms with Crippen molar-refractivity contribution in [3.8, 4) is 56.2 Å². The van der Waals surface area contributed by atoms with Gasteiger partial charge in [-0.25, -0.2) is 9.97 Å². The standard InChI is InChI=1S/C49H29N3S2/c1-2-8-32(9-3-1)49-51-43(31-16-14-30(15-17-31)42-29-50-28-36-10-4-5-11-37(36)42)27-44(52-49)35-18-21-39-41-25-34(20-23-47(41)54-48(39)26-35)33-19-22-46-40(24-33)38-12-6-7-13-45(38)53-46/h1-29H. The molecule has 0 saturated heterocycles. The van der Waals surface area contributed by atoms with Gasteiger partial charge in [-0.2, -0.15) is 0 Å². The fourth-order valence-corrected chi connectivity index (χ4v) is 9.86. The van der Waals surface area contributed by atoms with Gasteiger partial charge < -0.3 is 0 Å². The first kappa shape index (κ1) is 31.0. The van der Waals surface area contributed by atoms with Crippen LogP contribution < -0.4 is 0 Å². The molecule has 11 aromatic rings. The smallest absolute Gasteiger partial charge is 0.160 e. The highest BCUT2D eigenvalue weighted by molar-refractivity contribution is 7.26. The van der Waals surface area contributed by atoms with E-state index >= 15 is 0 Å². The van der Waals surface area contributed by atoms with Gasteiger partial charge in [0.25, 0.3) is 0 Å². The van der Waals surface area contributed by atoms with E-state index in [4.69, 9.17) is 9.97 Å². The molecule has 0 aliphatic rings. The first-order valence-corrected chi connectivity index (χ1v) is 19.6. The molecule has 3 nitrogen and oxygen atoms in total. The zero-order chi connectivity index (χ0) is 35.6. The fourth-order valence-electron chi connectivity index (χ4n) is 7.65. The minimum absolute atomic E-state index is 0.710. The molecule has 0 saturated carbocycles.